The van der Waals surface area contributed by atoms with Crippen LogP contribution in [0.2, 0.25) is 0 Å². The average Bonchev–Trinajstić information content (AvgIpc) is 2.73. The number of hydrogen-bond donors (Lipinski definition) is 2. The minimum Gasteiger partial charge on any atom is -0.393 e. The van der Waals surface area contributed by atoms with Crippen molar-refractivity contribution < 1.29 is 4.79 Å². The Morgan fingerprint density at radius 3 is 2.64 bits per heavy atom. The molecule has 0 radical (unpaired) electrons. The molecular formula is C20H27N7O. The quantitative estimate of drug-likeness (QED) is 0.758. The van der Waals surface area contributed by atoms with Gasteiger partial charge in [-0.1, -0.05) is 37.3 Å². The fourth-order valence-corrected chi connectivity index (χ4v) is 3.26. The van der Waals surface area contributed by atoms with E-state index in [-0.39, 0.29) is 11.9 Å². The summed E-state index contributed by atoms with van der Waals surface area (Å²) in [5, 5.41) is 4.84. The Hall–Kier alpha value is -3.13. The Balaban J connectivity index is 2.01. The zero-order valence-corrected chi connectivity index (χ0v) is 16.8. The summed E-state index contributed by atoms with van der Waals surface area (Å²) < 4.78 is 0. The Bertz CT molecular complexity index is 840. The SMILES string of the molecule is CCC1C(=O)N(C)c2cnc(N(/C=C\NC)Cc3ccccc3)nc2N1NC. The number of aromatic nitrogens is 2. The van der Waals surface area contributed by atoms with Crippen molar-refractivity contribution in [2.45, 2.75) is 25.9 Å². The monoisotopic (exact) mass is 381 g/mol. The van der Waals surface area contributed by atoms with Crippen molar-refractivity contribution in [1.82, 2.24) is 20.7 Å². The van der Waals surface area contributed by atoms with Crippen LogP contribution < -0.4 is 25.6 Å². The molecule has 1 aromatic heterocycles. The van der Waals surface area contributed by atoms with Crippen molar-refractivity contribution in [3.8, 4) is 0 Å². The largest absolute Gasteiger partial charge is 0.393 e. The maximum atomic E-state index is 12.6. The maximum Gasteiger partial charge on any atom is 0.251 e. The van der Waals surface area contributed by atoms with Crippen LogP contribution in [-0.2, 0) is 11.3 Å². The normalized spacial score (nSPS) is 16.4. The van der Waals surface area contributed by atoms with E-state index in [1.54, 1.807) is 25.2 Å². The third kappa shape index (κ3) is 3.77. The Kier molecular flexibility index (Phi) is 6.10. The first-order chi connectivity index (χ1) is 13.6. The second-order valence-corrected chi connectivity index (χ2v) is 6.51. The van der Waals surface area contributed by atoms with Crippen LogP contribution in [0.25, 0.3) is 0 Å². The van der Waals surface area contributed by atoms with Crippen LogP contribution in [-0.4, -0.2) is 43.1 Å². The molecule has 2 heterocycles. The molecule has 0 spiro atoms. The van der Waals surface area contributed by atoms with Gasteiger partial charge in [0.25, 0.3) is 5.91 Å². The number of carbonyl (C=O) groups excluding carboxylic acids is 1. The van der Waals surface area contributed by atoms with Gasteiger partial charge in [0.15, 0.2) is 5.82 Å². The van der Waals surface area contributed by atoms with Crippen LogP contribution >= 0.6 is 0 Å². The van der Waals surface area contributed by atoms with E-state index in [9.17, 15) is 4.79 Å². The summed E-state index contributed by atoms with van der Waals surface area (Å²) in [5.74, 6) is 1.28. The second kappa shape index (κ2) is 8.71. The van der Waals surface area contributed by atoms with E-state index >= 15 is 0 Å². The van der Waals surface area contributed by atoms with Crippen LogP contribution in [0.4, 0.5) is 17.5 Å². The number of amides is 1. The lowest BCUT2D eigenvalue weighted by molar-refractivity contribution is -0.120. The summed E-state index contributed by atoms with van der Waals surface area (Å²) in [6.07, 6.45) is 6.13. The molecule has 3 rings (SSSR count). The highest BCUT2D eigenvalue weighted by atomic mass is 16.2. The van der Waals surface area contributed by atoms with Crippen LogP contribution in [0.15, 0.2) is 48.9 Å². The molecule has 0 saturated carbocycles. The lowest BCUT2D eigenvalue weighted by atomic mass is 10.1. The molecule has 1 atom stereocenters. The zero-order chi connectivity index (χ0) is 20.1. The molecule has 0 aliphatic carbocycles. The highest BCUT2D eigenvalue weighted by molar-refractivity contribution is 6.04. The number of nitrogens with zero attached hydrogens (tertiary/aromatic N) is 5. The third-order valence-electron chi connectivity index (χ3n) is 4.76. The lowest BCUT2D eigenvalue weighted by Gasteiger charge is -2.39. The molecule has 0 fully saturated rings. The van der Waals surface area contributed by atoms with Gasteiger partial charge in [0.05, 0.1) is 12.7 Å². The summed E-state index contributed by atoms with van der Waals surface area (Å²) in [4.78, 5) is 25.6. The standard InChI is InChI=1S/C20H27N7O/c1-5-16-19(28)25(4)17-13-23-20(24-18(17)27(16)22-3)26(12-11-21-2)14-15-9-7-6-8-10-15/h6-13,16,21-22H,5,14H2,1-4H3/b12-11-. The molecule has 1 aromatic carbocycles. The van der Waals surface area contributed by atoms with Gasteiger partial charge in [-0.25, -0.2) is 10.4 Å². The molecule has 8 nitrogen and oxygen atoms in total. The van der Waals surface area contributed by atoms with Gasteiger partial charge < -0.3 is 15.1 Å². The summed E-state index contributed by atoms with van der Waals surface area (Å²) in [6.45, 7) is 2.62. The van der Waals surface area contributed by atoms with E-state index in [4.69, 9.17) is 4.98 Å². The Labute approximate surface area is 165 Å². The number of anilines is 3. The van der Waals surface area contributed by atoms with Gasteiger partial charge in [0.2, 0.25) is 5.95 Å². The number of likely N-dealkylation sites (N-methyl/N-ethyl adjacent to an activating group) is 1. The highest BCUT2D eigenvalue weighted by Gasteiger charge is 2.37. The van der Waals surface area contributed by atoms with Gasteiger partial charge >= 0.3 is 0 Å². The van der Waals surface area contributed by atoms with Gasteiger partial charge in [0.1, 0.15) is 11.7 Å². The predicted octanol–water partition coefficient (Wildman–Crippen LogP) is 1.87. The summed E-state index contributed by atoms with van der Waals surface area (Å²) >= 11 is 0. The summed E-state index contributed by atoms with van der Waals surface area (Å²) in [5.41, 5.74) is 4.95. The van der Waals surface area contributed by atoms with Gasteiger partial charge in [-0.15, -0.1) is 0 Å². The first-order valence-electron chi connectivity index (χ1n) is 9.36. The van der Waals surface area contributed by atoms with E-state index in [2.05, 4.69) is 27.9 Å². The molecule has 1 unspecified atom stereocenters. The van der Waals surface area contributed by atoms with E-state index < -0.39 is 0 Å². The molecule has 8 heteroatoms. The smallest absolute Gasteiger partial charge is 0.251 e. The van der Waals surface area contributed by atoms with E-state index in [1.807, 2.05) is 54.5 Å². The van der Waals surface area contributed by atoms with Crippen molar-refractivity contribution >= 4 is 23.4 Å². The van der Waals surface area contributed by atoms with E-state index in [0.29, 0.717) is 30.4 Å². The lowest BCUT2D eigenvalue weighted by Crippen LogP contribution is -2.56. The summed E-state index contributed by atoms with van der Waals surface area (Å²) in [6, 6.07) is 9.85. The van der Waals surface area contributed by atoms with Gasteiger partial charge in [-0.2, -0.15) is 4.98 Å². The predicted molar refractivity (Wildman–Crippen MR) is 112 cm³/mol. The van der Waals surface area contributed by atoms with Crippen molar-refractivity contribution in [3.05, 3.63) is 54.5 Å². The molecule has 2 aromatic rings. The minimum absolute atomic E-state index is 0.0249. The van der Waals surface area contributed by atoms with E-state index in [1.165, 1.54) is 0 Å². The summed E-state index contributed by atoms with van der Waals surface area (Å²) in [7, 11) is 5.41. The topological polar surface area (TPSA) is 76.6 Å². The molecule has 148 valence electrons. The number of hydrazine groups is 1. The Morgan fingerprint density at radius 1 is 1.25 bits per heavy atom. The van der Waals surface area contributed by atoms with Crippen LogP contribution in [0, 0.1) is 0 Å². The fraction of sp³-hybridized carbons (Fsp3) is 0.350. The molecule has 2 N–H and O–H groups in total. The maximum absolute atomic E-state index is 12.6. The molecule has 1 aliphatic heterocycles. The molecule has 1 amide bonds. The number of nitrogens with one attached hydrogen (secondary N) is 2. The zero-order valence-electron chi connectivity index (χ0n) is 16.8. The number of carbonyl (C=O) groups is 1. The Morgan fingerprint density at radius 2 is 2.00 bits per heavy atom. The number of hydrogen-bond acceptors (Lipinski definition) is 7. The third-order valence-corrected chi connectivity index (χ3v) is 4.76. The van der Waals surface area contributed by atoms with Crippen molar-refractivity contribution in [1.29, 1.82) is 0 Å². The van der Waals surface area contributed by atoms with Crippen LogP contribution in [0.3, 0.4) is 0 Å². The highest BCUT2D eigenvalue weighted by Crippen LogP contribution is 2.34. The molecule has 28 heavy (non-hydrogen) atoms. The number of benzene rings is 1. The molecule has 0 saturated heterocycles. The van der Waals surface area contributed by atoms with Gasteiger partial charge in [0, 0.05) is 33.5 Å². The van der Waals surface area contributed by atoms with Gasteiger partial charge in [-0.05, 0) is 12.0 Å². The molecule has 0 bridgehead atoms. The van der Waals surface area contributed by atoms with Gasteiger partial charge in [-0.3, -0.25) is 9.80 Å². The first kappa shape index (κ1) is 19.6. The first-order valence-corrected chi connectivity index (χ1v) is 9.36. The van der Waals surface area contributed by atoms with Crippen molar-refractivity contribution in [2.75, 3.05) is 36.0 Å². The van der Waals surface area contributed by atoms with Crippen LogP contribution in [0.5, 0.6) is 0 Å². The van der Waals surface area contributed by atoms with Crippen molar-refractivity contribution in [3.63, 3.8) is 0 Å². The average molecular weight is 381 g/mol. The molecular weight excluding hydrogens is 354 g/mol. The molecule has 1 aliphatic rings. The van der Waals surface area contributed by atoms with Crippen molar-refractivity contribution in [2.24, 2.45) is 0 Å². The second-order valence-electron chi connectivity index (χ2n) is 6.51. The van der Waals surface area contributed by atoms with E-state index in [0.717, 1.165) is 5.56 Å². The fourth-order valence-electron chi connectivity index (χ4n) is 3.26. The number of fused-ring (bicyclic) bond motifs is 1. The minimum atomic E-state index is -0.305. The number of rotatable bonds is 7. The van der Waals surface area contributed by atoms with Crippen LogP contribution in [0.1, 0.15) is 18.9 Å².